The minimum absolute atomic E-state index is 0.227. The van der Waals surface area contributed by atoms with Crippen molar-refractivity contribution in [3.63, 3.8) is 0 Å². The van der Waals surface area contributed by atoms with Crippen LogP contribution in [0.2, 0.25) is 0 Å². The average molecular weight is 186 g/mol. The Hall–Kier alpha value is -0.120. The maximum Gasteiger partial charge on any atom is 0.0823 e. The highest BCUT2D eigenvalue weighted by Crippen LogP contribution is 2.16. The van der Waals surface area contributed by atoms with Gasteiger partial charge in [0.05, 0.1) is 6.10 Å². The lowest BCUT2D eigenvalue weighted by Gasteiger charge is -2.25. The van der Waals surface area contributed by atoms with Crippen LogP contribution in [0.3, 0.4) is 0 Å². The van der Waals surface area contributed by atoms with Crippen LogP contribution < -0.4 is 5.73 Å². The lowest BCUT2D eigenvalue weighted by atomic mass is 10.2. The molecule has 2 unspecified atom stereocenters. The van der Waals surface area contributed by atoms with Crippen molar-refractivity contribution < 1.29 is 4.74 Å². The molecule has 3 heteroatoms. The van der Waals surface area contributed by atoms with E-state index in [-0.39, 0.29) is 6.10 Å². The zero-order valence-corrected chi connectivity index (χ0v) is 8.83. The van der Waals surface area contributed by atoms with Crippen molar-refractivity contribution in [1.82, 2.24) is 4.90 Å². The highest BCUT2D eigenvalue weighted by atomic mass is 16.5. The van der Waals surface area contributed by atoms with E-state index in [2.05, 4.69) is 11.8 Å². The molecule has 1 saturated heterocycles. The van der Waals surface area contributed by atoms with Crippen molar-refractivity contribution in [2.24, 2.45) is 5.73 Å². The summed E-state index contributed by atoms with van der Waals surface area (Å²) >= 11 is 0. The summed E-state index contributed by atoms with van der Waals surface area (Å²) < 4.78 is 5.53. The summed E-state index contributed by atoms with van der Waals surface area (Å²) in [6, 6.07) is 0.717. The van der Waals surface area contributed by atoms with E-state index in [1.807, 2.05) is 6.92 Å². The molecule has 1 heterocycles. The number of nitrogens with two attached hydrogens (primary N) is 1. The number of ether oxygens (including phenoxy) is 1. The van der Waals surface area contributed by atoms with Crippen LogP contribution in [-0.2, 0) is 4.74 Å². The molecule has 1 aliphatic rings. The molecule has 0 aliphatic carbocycles. The summed E-state index contributed by atoms with van der Waals surface area (Å²) in [7, 11) is 0. The van der Waals surface area contributed by atoms with Crippen LogP contribution >= 0.6 is 0 Å². The quantitative estimate of drug-likeness (QED) is 0.691. The van der Waals surface area contributed by atoms with E-state index < -0.39 is 0 Å². The molecule has 0 aromatic carbocycles. The molecule has 78 valence electrons. The fraction of sp³-hybridized carbons (Fsp3) is 1.00. The Morgan fingerprint density at radius 1 is 1.62 bits per heavy atom. The molecule has 3 nitrogen and oxygen atoms in total. The molecule has 2 N–H and O–H groups in total. The second-order valence-corrected chi connectivity index (χ2v) is 3.80. The molecule has 0 bridgehead atoms. The normalized spacial score (nSPS) is 26.5. The van der Waals surface area contributed by atoms with Gasteiger partial charge >= 0.3 is 0 Å². The van der Waals surface area contributed by atoms with Crippen LogP contribution in [-0.4, -0.2) is 43.3 Å². The summed E-state index contributed by atoms with van der Waals surface area (Å²) in [5, 5.41) is 0. The minimum Gasteiger partial charge on any atom is -0.376 e. The van der Waals surface area contributed by atoms with Crippen molar-refractivity contribution in [2.45, 2.75) is 38.8 Å². The molecule has 2 atom stereocenters. The van der Waals surface area contributed by atoms with Gasteiger partial charge in [0.1, 0.15) is 0 Å². The van der Waals surface area contributed by atoms with Gasteiger partial charge in [0.2, 0.25) is 0 Å². The largest absolute Gasteiger partial charge is 0.376 e. The molecule has 1 fully saturated rings. The number of hydrogen-bond acceptors (Lipinski definition) is 3. The molecule has 0 radical (unpaired) electrons. The molecule has 1 aliphatic heterocycles. The lowest BCUT2D eigenvalue weighted by molar-refractivity contribution is 0.0376. The Balaban J connectivity index is 2.27. The van der Waals surface area contributed by atoms with Crippen molar-refractivity contribution in [1.29, 1.82) is 0 Å². The monoisotopic (exact) mass is 186 g/mol. The zero-order valence-electron chi connectivity index (χ0n) is 8.83. The van der Waals surface area contributed by atoms with E-state index in [1.54, 1.807) is 0 Å². The van der Waals surface area contributed by atoms with Crippen molar-refractivity contribution >= 4 is 0 Å². The van der Waals surface area contributed by atoms with Gasteiger partial charge in [-0.15, -0.1) is 0 Å². The van der Waals surface area contributed by atoms with E-state index in [0.717, 1.165) is 19.2 Å². The first kappa shape index (κ1) is 11.0. The topological polar surface area (TPSA) is 38.5 Å². The second kappa shape index (κ2) is 5.58. The van der Waals surface area contributed by atoms with Crippen LogP contribution in [0.15, 0.2) is 0 Å². The highest BCUT2D eigenvalue weighted by Gasteiger charge is 2.22. The summed E-state index contributed by atoms with van der Waals surface area (Å²) in [5.74, 6) is 0. The third-order valence-electron chi connectivity index (χ3n) is 2.79. The smallest absolute Gasteiger partial charge is 0.0823 e. The number of hydrogen-bond donors (Lipinski definition) is 1. The van der Waals surface area contributed by atoms with Gasteiger partial charge in [0, 0.05) is 25.7 Å². The molecular formula is C10H22N2O. The maximum absolute atomic E-state index is 5.63. The van der Waals surface area contributed by atoms with Crippen LogP contribution in [0.4, 0.5) is 0 Å². The predicted octanol–water partition coefficient (Wildman–Crippen LogP) is 0.834. The third-order valence-corrected chi connectivity index (χ3v) is 2.79. The molecule has 1 rings (SSSR count). The van der Waals surface area contributed by atoms with Gasteiger partial charge in [0.15, 0.2) is 0 Å². The first-order valence-corrected chi connectivity index (χ1v) is 5.33. The van der Waals surface area contributed by atoms with E-state index >= 15 is 0 Å². The maximum atomic E-state index is 5.63. The molecule has 0 aromatic heterocycles. The Kier molecular flexibility index (Phi) is 4.70. The van der Waals surface area contributed by atoms with Gasteiger partial charge in [0.25, 0.3) is 0 Å². The Morgan fingerprint density at radius 2 is 2.38 bits per heavy atom. The van der Waals surface area contributed by atoms with Crippen molar-refractivity contribution in [2.75, 3.05) is 26.2 Å². The van der Waals surface area contributed by atoms with E-state index in [4.69, 9.17) is 10.5 Å². The van der Waals surface area contributed by atoms with Crippen LogP contribution in [0.1, 0.15) is 26.7 Å². The molecular weight excluding hydrogens is 164 g/mol. The molecule has 0 saturated carbocycles. The van der Waals surface area contributed by atoms with Gasteiger partial charge in [-0.05, 0) is 33.2 Å². The minimum atomic E-state index is 0.227. The average Bonchev–Trinajstić information content (AvgIpc) is 2.51. The van der Waals surface area contributed by atoms with Crippen LogP contribution in [0, 0.1) is 0 Å². The summed E-state index contributed by atoms with van der Waals surface area (Å²) in [5.41, 5.74) is 5.63. The number of likely N-dealkylation sites (tertiary alicyclic amines) is 1. The highest BCUT2D eigenvalue weighted by molar-refractivity contribution is 4.78. The zero-order chi connectivity index (χ0) is 9.68. The second-order valence-electron chi connectivity index (χ2n) is 3.80. The van der Waals surface area contributed by atoms with Gasteiger partial charge in [-0.3, -0.25) is 4.90 Å². The first-order valence-electron chi connectivity index (χ1n) is 5.33. The standard InChI is InChI=1S/C10H22N2O/c1-3-13-10(7-11)8-12-6-4-5-9(12)2/h9-10H,3-8,11H2,1-2H3. The van der Waals surface area contributed by atoms with E-state index in [9.17, 15) is 0 Å². The Morgan fingerprint density at radius 3 is 2.85 bits per heavy atom. The molecule has 0 amide bonds. The Bertz CT molecular complexity index is 141. The molecule has 0 spiro atoms. The van der Waals surface area contributed by atoms with Gasteiger partial charge in [-0.2, -0.15) is 0 Å². The van der Waals surface area contributed by atoms with Crippen LogP contribution in [0.25, 0.3) is 0 Å². The van der Waals surface area contributed by atoms with Gasteiger partial charge in [-0.25, -0.2) is 0 Å². The molecule has 13 heavy (non-hydrogen) atoms. The SMILES string of the molecule is CCOC(CN)CN1CCCC1C. The summed E-state index contributed by atoms with van der Waals surface area (Å²) in [6.07, 6.45) is 2.87. The Labute approximate surface area is 81.2 Å². The van der Waals surface area contributed by atoms with Gasteiger partial charge in [-0.1, -0.05) is 0 Å². The van der Waals surface area contributed by atoms with Crippen molar-refractivity contribution in [3.05, 3.63) is 0 Å². The number of rotatable bonds is 5. The van der Waals surface area contributed by atoms with Gasteiger partial charge < -0.3 is 10.5 Å². The van der Waals surface area contributed by atoms with E-state index in [1.165, 1.54) is 19.4 Å². The lowest BCUT2D eigenvalue weighted by Crippen LogP contribution is -2.39. The van der Waals surface area contributed by atoms with Crippen molar-refractivity contribution in [3.8, 4) is 0 Å². The van der Waals surface area contributed by atoms with E-state index in [0.29, 0.717) is 6.54 Å². The van der Waals surface area contributed by atoms with Crippen LogP contribution in [0.5, 0.6) is 0 Å². The fourth-order valence-electron chi connectivity index (χ4n) is 1.96. The summed E-state index contributed by atoms with van der Waals surface area (Å²) in [6.45, 7) is 7.93. The predicted molar refractivity (Wildman–Crippen MR) is 54.7 cm³/mol. The molecule has 0 aromatic rings. The fourth-order valence-corrected chi connectivity index (χ4v) is 1.96. The first-order chi connectivity index (χ1) is 6.27. The number of nitrogens with zero attached hydrogens (tertiary/aromatic N) is 1. The summed E-state index contributed by atoms with van der Waals surface area (Å²) in [4.78, 5) is 2.48. The third kappa shape index (κ3) is 3.25.